The van der Waals surface area contributed by atoms with E-state index in [1.807, 2.05) is 0 Å². The van der Waals surface area contributed by atoms with Crippen molar-refractivity contribution in [2.24, 2.45) is 11.8 Å². The first-order chi connectivity index (χ1) is 9.10. The van der Waals surface area contributed by atoms with E-state index in [0.717, 1.165) is 6.04 Å². The van der Waals surface area contributed by atoms with Gasteiger partial charge in [-0.15, -0.1) is 0 Å². The van der Waals surface area contributed by atoms with E-state index in [4.69, 9.17) is 4.74 Å². The molecular formula is C16H28NO2+. The normalized spacial score (nSPS) is 40.9. The second-order valence-corrected chi connectivity index (χ2v) is 7.21. The maximum Gasteiger partial charge on any atom is 0.302 e. The molecule has 0 amide bonds. The number of ether oxygens (including phenoxy) is 1. The Morgan fingerprint density at radius 3 is 2.47 bits per heavy atom. The summed E-state index contributed by atoms with van der Waals surface area (Å²) in [5.74, 6) is 1.19. The quantitative estimate of drug-likeness (QED) is 0.567. The second kappa shape index (κ2) is 5.08. The van der Waals surface area contributed by atoms with Crippen LogP contribution in [0.15, 0.2) is 0 Å². The monoisotopic (exact) mass is 266 g/mol. The molecule has 0 unspecified atom stereocenters. The minimum absolute atomic E-state index is 0.0772. The van der Waals surface area contributed by atoms with Gasteiger partial charge in [0.15, 0.2) is 0 Å². The number of fused-ring (bicyclic) bond motifs is 2. The zero-order chi connectivity index (χ0) is 13.5. The molecule has 0 aromatic rings. The van der Waals surface area contributed by atoms with Crippen LogP contribution in [0.5, 0.6) is 0 Å². The SMILES string of the molecule is CC(=O)O[C@H]1[C@@H]2CCC[C@@H]1[C@H]([N+]1(C)CCCC1)CC2. The Hall–Kier alpha value is -0.570. The molecule has 3 heteroatoms. The fourth-order valence-corrected chi connectivity index (χ4v) is 5.15. The van der Waals surface area contributed by atoms with Crippen LogP contribution in [-0.4, -0.2) is 42.7 Å². The summed E-state index contributed by atoms with van der Waals surface area (Å²) in [5, 5.41) is 0. The summed E-state index contributed by atoms with van der Waals surface area (Å²) in [5.41, 5.74) is 0. The van der Waals surface area contributed by atoms with E-state index in [9.17, 15) is 4.79 Å². The second-order valence-electron chi connectivity index (χ2n) is 7.21. The Balaban J connectivity index is 1.80. The molecule has 1 aliphatic heterocycles. The number of hydrogen-bond donors (Lipinski definition) is 0. The molecule has 0 spiro atoms. The van der Waals surface area contributed by atoms with E-state index in [1.165, 1.54) is 62.5 Å². The van der Waals surface area contributed by atoms with Gasteiger partial charge in [0.1, 0.15) is 6.10 Å². The van der Waals surface area contributed by atoms with Gasteiger partial charge in [-0.3, -0.25) is 4.79 Å². The molecule has 3 nitrogen and oxygen atoms in total. The van der Waals surface area contributed by atoms with E-state index in [2.05, 4.69) is 7.05 Å². The standard InChI is InChI=1S/C16H28NO2/c1-12(18)19-16-13-6-5-7-14(16)15(9-8-13)17(2)10-3-4-11-17/h13-16H,3-11H2,1-2H3/q+1/t13-,14-,15-,16+/m1/s1. The first kappa shape index (κ1) is 13.4. The lowest BCUT2D eigenvalue weighted by atomic mass is 9.66. The lowest BCUT2D eigenvalue weighted by Crippen LogP contribution is -2.60. The van der Waals surface area contributed by atoms with E-state index in [-0.39, 0.29) is 12.1 Å². The van der Waals surface area contributed by atoms with E-state index < -0.39 is 0 Å². The van der Waals surface area contributed by atoms with Crippen LogP contribution in [0.25, 0.3) is 0 Å². The Kier molecular flexibility index (Phi) is 3.59. The lowest BCUT2D eigenvalue weighted by molar-refractivity contribution is -0.928. The average molecular weight is 266 g/mol. The topological polar surface area (TPSA) is 26.3 Å². The van der Waals surface area contributed by atoms with Gasteiger partial charge in [0.25, 0.3) is 0 Å². The molecule has 0 radical (unpaired) electrons. The van der Waals surface area contributed by atoms with Crippen LogP contribution in [-0.2, 0) is 9.53 Å². The van der Waals surface area contributed by atoms with Crippen LogP contribution in [0.4, 0.5) is 0 Å². The third kappa shape index (κ3) is 2.42. The molecule has 1 saturated heterocycles. The van der Waals surface area contributed by atoms with Crippen molar-refractivity contribution in [3.63, 3.8) is 0 Å². The molecular weight excluding hydrogens is 238 g/mol. The van der Waals surface area contributed by atoms with Crippen molar-refractivity contribution in [1.82, 2.24) is 0 Å². The summed E-state index contributed by atoms with van der Waals surface area (Å²) in [7, 11) is 2.44. The largest absolute Gasteiger partial charge is 0.462 e. The molecule has 3 rings (SSSR count). The number of carbonyl (C=O) groups excluding carboxylic acids is 1. The molecule has 2 aliphatic carbocycles. The van der Waals surface area contributed by atoms with Crippen LogP contribution >= 0.6 is 0 Å². The van der Waals surface area contributed by atoms with Crippen molar-refractivity contribution in [2.45, 2.75) is 64.0 Å². The van der Waals surface area contributed by atoms with Gasteiger partial charge < -0.3 is 9.22 Å². The van der Waals surface area contributed by atoms with Crippen molar-refractivity contribution in [3.8, 4) is 0 Å². The highest BCUT2D eigenvalue weighted by Crippen LogP contribution is 2.46. The zero-order valence-electron chi connectivity index (χ0n) is 12.4. The molecule has 4 atom stereocenters. The summed E-state index contributed by atoms with van der Waals surface area (Å²) >= 11 is 0. The van der Waals surface area contributed by atoms with Gasteiger partial charge in [0, 0.05) is 32.1 Å². The summed E-state index contributed by atoms with van der Waals surface area (Å²) < 4.78 is 6.99. The molecule has 3 aliphatic rings. The first-order valence-corrected chi connectivity index (χ1v) is 8.11. The van der Waals surface area contributed by atoms with Crippen LogP contribution in [0.2, 0.25) is 0 Å². The number of esters is 1. The van der Waals surface area contributed by atoms with Gasteiger partial charge in [-0.1, -0.05) is 6.42 Å². The summed E-state index contributed by atoms with van der Waals surface area (Å²) in [6, 6.07) is 0.739. The molecule has 2 saturated carbocycles. The first-order valence-electron chi connectivity index (χ1n) is 8.11. The molecule has 1 heterocycles. The molecule has 0 aromatic heterocycles. The molecule has 108 valence electrons. The van der Waals surface area contributed by atoms with Crippen molar-refractivity contribution < 1.29 is 14.0 Å². The predicted molar refractivity (Wildman–Crippen MR) is 74.6 cm³/mol. The Morgan fingerprint density at radius 1 is 1.05 bits per heavy atom. The summed E-state index contributed by atoms with van der Waals surface area (Å²) in [6.45, 7) is 4.24. The molecule has 3 fully saturated rings. The minimum Gasteiger partial charge on any atom is -0.462 e. The van der Waals surface area contributed by atoms with E-state index in [1.54, 1.807) is 6.92 Å². The fourth-order valence-electron chi connectivity index (χ4n) is 5.15. The predicted octanol–water partition coefficient (Wildman–Crippen LogP) is 2.74. The smallest absolute Gasteiger partial charge is 0.302 e. The lowest BCUT2D eigenvalue weighted by Gasteiger charge is -2.51. The Labute approximate surface area is 116 Å². The molecule has 19 heavy (non-hydrogen) atoms. The van der Waals surface area contributed by atoms with E-state index in [0.29, 0.717) is 11.8 Å². The van der Waals surface area contributed by atoms with Crippen LogP contribution in [0.1, 0.15) is 51.9 Å². The molecule has 0 aromatic carbocycles. The number of likely N-dealkylation sites (tertiary alicyclic amines) is 1. The Morgan fingerprint density at radius 2 is 1.79 bits per heavy atom. The number of quaternary nitrogens is 1. The van der Waals surface area contributed by atoms with Crippen molar-refractivity contribution in [3.05, 3.63) is 0 Å². The minimum atomic E-state index is -0.0772. The fraction of sp³-hybridized carbons (Fsp3) is 0.938. The van der Waals surface area contributed by atoms with Crippen molar-refractivity contribution in [1.29, 1.82) is 0 Å². The molecule has 2 bridgehead atoms. The van der Waals surface area contributed by atoms with E-state index >= 15 is 0 Å². The maximum atomic E-state index is 11.4. The summed E-state index contributed by atoms with van der Waals surface area (Å²) in [6.07, 6.45) is 9.47. The molecule has 0 N–H and O–H groups in total. The Bertz CT molecular complexity index is 349. The number of hydrogen-bond acceptors (Lipinski definition) is 2. The van der Waals surface area contributed by atoms with Crippen LogP contribution < -0.4 is 0 Å². The third-order valence-electron chi connectivity index (χ3n) is 6.02. The maximum absolute atomic E-state index is 11.4. The average Bonchev–Trinajstić information content (AvgIpc) is 2.76. The van der Waals surface area contributed by atoms with Gasteiger partial charge >= 0.3 is 5.97 Å². The van der Waals surface area contributed by atoms with Crippen LogP contribution in [0.3, 0.4) is 0 Å². The van der Waals surface area contributed by atoms with Gasteiger partial charge in [-0.05, 0) is 25.2 Å². The summed E-state index contributed by atoms with van der Waals surface area (Å²) in [4.78, 5) is 11.4. The van der Waals surface area contributed by atoms with Crippen molar-refractivity contribution in [2.75, 3.05) is 20.1 Å². The van der Waals surface area contributed by atoms with Gasteiger partial charge in [0.2, 0.25) is 0 Å². The highest BCUT2D eigenvalue weighted by Gasteiger charge is 2.51. The van der Waals surface area contributed by atoms with Gasteiger partial charge in [-0.25, -0.2) is 0 Å². The van der Waals surface area contributed by atoms with Gasteiger partial charge in [0.05, 0.1) is 26.2 Å². The number of nitrogens with zero attached hydrogens (tertiary/aromatic N) is 1. The zero-order valence-corrected chi connectivity index (χ0v) is 12.4. The highest BCUT2D eigenvalue weighted by atomic mass is 16.5. The van der Waals surface area contributed by atoms with Crippen LogP contribution in [0, 0.1) is 11.8 Å². The number of rotatable bonds is 2. The number of carbonyl (C=O) groups is 1. The van der Waals surface area contributed by atoms with Gasteiger partial charge in [-0.2, -0.15) is 0 Å². The highest BCUT2D eigenvalue weighted by molar-refractivity contribution is 5.66. The third-order valence-corrected chi connectivity index (χ3v) is 6.02. The van der Waals surface area contributed by atoms with Crippen molar-refractivity contribution >= 4 is 5.97 Å².